The van der Waals surface area contributed by atoms with E-state index in [9.17, 15) is 0 Å². The standard InChI is InChI=1S/C12H14N2/c1-9(8-13)12-11-5-3-2-4-10(11)6-7-14-12/h2-7,9H,8,13H2,1H3. The Kier molecular flexibility index (Phi) is 2.46. The van der Waals surface area contributed by atoms with E-state index in [1.807, 2.05) is 24.4 Å². The van der Waals surface area contributed by atoms with Crippen molar-refractivity contribution in [2.24, 2.45) is 5.73 Å². The summed E-state index contributed by atoms with van der Waals surface area (Å²) in [7, 11) is 0. The zero-order chi connectivity index (χ0) is 9.97. The third kappa shape index (κ3) is 1.49. The number of fused-ring (bicyclic) bond motifs is 1. The summed E-state index contributed by atoms with van der Waals surface area (Å²) in [6.45, 7) is 2.75. The number of hydrogen-bond donors (Lipinski definition) is 1. The van der Waals surface area contributed by atoms with Crippen LogP contribution in [-0.4, -0.2) is 11.5 Å². The lowest BCUT2D eigenvalue weighted by Gasteiger charge is -2.10. The second-order valence-corrected chi connectivity index (χ2v) is 3.55. The Bertz CT molecular complexity index is 432. The number of pyridine rings is 1. The average molecular weight is 186 g/mol. The van der Waals surface area contributed by atoms with Gasteiger partial charge in [0.25, 0.3) is 0 Å². The molecule has 0 aliphatic rings. The van der Waals surface area contributed by atoms with E-state index in [0.29, 0.717) is 12.5 Å². The molecule has 0 saturated heterocycles. The molecule has 14 heavy (non-hydrogen) atoms. The van der Waals surface area contributed by atoms with E-state index >= 15 is 0 Å². The van der Waals surface area contributed by atoms with Gasteiger partial charge < -0.3 is 5.73 Å². The number of nitrogens with zero attached hydrogens (tertiary/aromatic N) is 1. The smallest absolute Gasteiger partial charge is 0.0522 e. The van der Waals surface area contributed by atoms with E-state index in [1.165, 1.54) is 10.8 Å². The molecule has 2 N–H and O–H groups in total. The molecule has 1 heterocycles. The van der Waals surface area contributed by atoms with Crippen molar-refractivity contribution in [3.8, 4) is 0 Å². The summed E-state index contributed by atoms with van der Waals surface area (Å²) in [5.41, 5.74) is 6.76. The molecule has 1 aromatic carbocycles. The molecular formula is C12H14N2. The molecule has 2 nitrogen and oxygen atoms in total. The molecule has 2 aromatic rings. The summed E-state index contributed by atoms with van der Waals surface area (Å²) in [4.78, 5) is 4.40. The molecule has 1 atom stereocenters. The molecule has 0 fully saturated rings. The van der Waals surface area contributed by atoms with Crippen molar-refractivity contribution in [3.05, 3.63) is 42.2 Å². The Morgan fingerprint density at radius 1 is 1.29 bits per heavy atom. The van der Waals surface area contributed by atoms with Crippen molar-refractivity contribution in [2.75, 3.05) is 6.54 Å². The predicted molar refractivity (Wildman–Crippen MR) is 59.2 cm³/mol. The third-order valence-corrected chi connectivity index (χ3v) is 2.52. The van der Waals surface area contributed by atoms with Gasteiger partial charge in [-0.2, -0.15) is 0 Å². The first-order chi connectivity index (χ1) is 6.83. The maximum absolute atomic E-state index is 5.66. The maximum Gasteiger partial charge on any atom is 0.0522 e. The third-order valence-electron chi connectivity index (χ3n) is 2.52. The first kappa shape index (κ1) is 9.16. The van der Waals surface area contributed by atoms with Gasteiger partial charge in [0, 0.05) is 24.0 Å². The molecule has 72 valence electrons. The Labute approximate surface area is 83.8 Å². The van der Waals surface area contributed by atoms with Crippen LogP contribution in [0.1, 0.15) is 18.5 Å². The zero-order valence-corrected chi connectivity index (χ0v) is 8.27. The Hall–Kier alpha value is -1.41. The molecule has 0 radical (unpaired) electrons. The van der Waals surface area contributed by atoms with Gasteiger partial charge in [-0.25, -0.2) is 0 Å². The fraction of sp³-hybridized carbons (Fsp3) is 0.250. The van der Waals surface area contributed by atoms with Crippen LogP contribution in [0.5, 0.6) is 0 Å². The fourth-order valence-corrected chi connectivity index (χ4v) is 1.65. The molecule has 2 heteroatoms. The van der Waals surface area contributed by atoms with E-state index in [2.05, 4.69) is 24.0 Å². The SMILES string of the molecule is CC(CN)c1nccc2ccccc12. The minimum absolute atomic E-state index is 0.320. The molecule has 1 unspecified atom stereocenters. The number of nitrogens with two attached hydrogens (primary N) is 1. The van der Waals surface area contributed by atoms with Gasteiger partial charge in [0.05, 0.1) is 5.69 Å². The monoisotopic (exact) mass is 186 g/mol. The van der Waals surface area contributed by atoms with Crippen LogP contribution in [-0.2, 0) is 0 Å². The van der Waals surface area contributed by atoms with Gasteiger partial charge in [0.1, 0.15) is 0 Å². The molecule has 0 amide bonds. The number of aromatic nitrogens is 1. The van der Waals surface area contributed by atoms with Crippen LogP contribution >= 0.6 is 0 Å². The highest BCUT2D eigenvalue weighted by atomic mass is 14.7. The van der Waals surface area contributed by atoms with Crippen LogP contribution in [0.4, 0.5) is 0 Å². The number of rotatable bonds is 2. The average Bonchev–Trinajstić information content (AvgIpc) is 2.27. The molecule has 0 bridgehead atoms. The van der Waals surface area contributed by atoms with Crippen molar-refractivity contribution >= 4 is 10.8 Å². The fourth-order valence-electron chi connectivity index (χ4n) is 1.65. The molecular weight excluding hydrogens is 172 g/mol. The topological polar surface area (TPSA) is 38.9 Å². The minimum atomic E-state index is 0.320. The highest BCUT2D eigenvalue weighted by Crippen LogP contribution is 2.22. The van der Waals surface area contributed by atoms with Crippen LogP contribution < -0.4 is 5.73 Å². The highest BCUT2D eigenvalue weighted by molar-refractivity contribution is 5.84. The number of hydrogen-bond acceptors (Lipinski definition) is 2. The van der Waals surface area contributed by atoms with Crippen molar-refractivity contribution in [3.63, 3.8) is 0 Å². The first-order valence-corrected chi connectivity index (χ1v) is 4.86. The van der Waals surface area contributed by atoms with E-state index in [1.54, 1.807) is 0 Å². The van der Waals surface area contributed by atoms with E-state index in [4.69, 9.17) is 5.73 Å². The van der Waals surface area contributed by atoms with Gasteiger partial charge in [0.15, 0.2) is 0 Å². The lowest BCUT2D eigenvalue weighted by atomic mass is 10.0. The second kappa shape index (κ2) is 3.76. The van der Waals surface area contributed by atoms with Crippen molar-refractivity contribution in [2.45, 2.75) is 12.8 Å². The second-order valence-electron chi connectivity index (χ2n) is 3.55. The predicted octanol–water partition coefficient (Wildman–Crippen LogP) is 2.30. The molecule has 0 saturated carbocycles. The van der Waals surface area contributed by atoms with Gasteiger partial charge in [-0.15, -0.1) is 0 Å². The Balaban J connectivity index is 2.65. The van der Waals surface area contributed by atoms with Crippen LogP contribution in [0.2, 0.25) is 0 Å². The normalized spacial score (nSPS) is 13.0. The molecule has 2 rings (SSSR count). The zero-order valence-electron chi connectivity index (χ0n) is 8.27. The summed E-state index contributed by atoms with van der Waals surface area (Å²) < 4.78 is 0. The van der Waals surface area contributed by atoms with Gasteiger partial charge in [-0.05, 0) is 11.5 Å². The summed E-state index contributed by atoms with van der Waals surface area (Å²) >= 11 is 0. The van der Waals surface area contributed by atoms with Gasteiger partial charge in [0.2, 0.25) is 0 Å². The molecule has 0 aliphatic carbocycles. The van der Waals surface area contributed by atoms with Crippen LogP contribution in [0.25, 0.3) is 10.8 Å². The minimum Gasteiger partial charge on any atom is -0.330 e. The highest BCUT2D eigenvalue weighted by Gasteiger charge is 2.08. The van der Waals surface area contributed by atoms with Gasteiger partial charge in [-0.3, -0.25) is 4.98 Å². The lowest BCUT2D eigenvalue weighted by molar-refractivity contribution is 0.753. The largest absolute Gasteiger partial charge is 0.330 e. The van der Waals surface area contributed by atoms with Gasteiger partial charge >= 0.3 is 0 Å². The molecule has 1 aromatic heterocycles. The lowest BCUT2D eigenvalue weighted by Crippen LogP contribution is -2.10. The quantitative estimate of drug-likeness (QED) is 0.781. The van der Waals surface area contributed by atoms with Crippen molar-refractivity contribution in [1.29, 1.82) is 0 Å². The number of benzene rings is 1. The van der Waals surface area contributed by atoms with E-state index in [0.717, 1.165) is 5.69 Å². The van der Waals surface area contributed by atoms with Crippen molar-refractivity contribution < 1.29 is 0 Å². The summed E-state index contributed by atoms with van der Waals surface area (Å²) in [6.07, 6.45) is 1.85. The van der Waals surface area contributed by atoms with Crippen molar-refractivity contribution in [1.82, 2.24) is 4.98 Å². The van der Waals surface area contributed by atoms with E-state index in [-0.39, 0.29) is 0 Å². The molecule has 0 aliphatic heterocycles. The Morgan fingerprint density at radius 3 is 2.86 bits per heavy atom. The van der Waals surface area contributed by atoms with Crippen LogP contribution in [0, 0.1) is 0 Å². The van der Waals surface area contributed by atoms with Crippen LogP contribution in [0.15, 0.2) is 36.5 Å². The summed E-state index contributed by atoms with van der Waals surface area (Å²) in [5.74, 6) is 0.320. The van der Waals surface area contributed by atoms with E-state index < -0.39 is 0 Å². The maximum atomic E-state index is 5.66. The Morgan fingerprint density at radius 2 is 2.07 bits per heavy atom. The van der Waals surface area contributed by atoms with Crippen LogP contribution in [0.3, 0.4) is 0 Å². The molecule has 0 spiro atoms. The summed E-state index contributed by atoms with van der Waals surface area (Å²) in [6, 6.07) is 10.3. The first-order valence-electron chi connectivity index (χ1n) is 4.86. The van der Waals surface area contributed by atoms with Gasteiger partial charge in [-0.1, -0.05) is 31.2 Å². The summed E-state index contributed by atoms with van der Waals surface area (Å²) in [5, 5.41) is 2.45.